The number of nitrogens with one attached hydrogen (secondary N) is 2. The Kier molecular flexibility index (Phi) is 3.93. The van der Waals surface area contributed by atoms with Crippen LogP contribution in [0.4, 0.5) is 8.78 Å². The lowest BCUT2D eigenvalue weighted by atomic mass is 9.88. The third kappa shape index (κ3) is 2.93. The highest BCUT2D eigenvalue weighted by atomic mass is 19.1. The predicted octanol–water partition coefficient (Wildman–Crippen LogP) is 2.15. The molecule has 2 N–H and O–H groups in total. The van der Waals surface area contributed by atoms with Crippen molar-refractivity contribution in [3.63, 3.8) is 0 Å². The standard InChI is InChI=1S/C16H20F2N2O/c1-9(7-11-13(17)3-2-4-14(11)18)19-16(21)12-8-10-5-6-15(12)20-10/h2-4,9-10,12,15,20H,5-8H2,1H3,(H,19,21). The highest BCUT2D eigenvalue weighted by Gasteiger charge is 2.42. The van der Waals surface area contributed by atoms with E-state index in [9.17, 15) is 13.6 Å². The first-order valence-corrected chi connectivity index (χ1v) is 7.54. The third-order valence-corrected chi connectivity index (χ3v) is 4.60. The van der Waals surface area contributed by atoms with Gasteiger partial charge in [-0.15, -0.1) is 0 Å². The molecule has 5 heteroatoms. The van der Waals surface area contributed by atoms with E-state index >= 15 is 0 Å². The maximum absolute atomic E-state index is 13.6. The molecule has 3 nitrogen and oxygen atoms in total. The van der Waals surface area contributed by atoms with Gasteiger partial charge in [-0.05, 0) is 44.7 Å². The van der Waals surface area contributed by atoms with Crippen LogP contribution in [0, 0.1) is 17.6 Å². The minimum Gasteiger partial charge on any atom is -0.353 e. The van der Waals surface area contributed by atoms with Gasteiger partial charge in [-0.1, -0.05) is 6.07 Å². The molecule has 1 aromatic carbocycles. The van der Waals surface area contributed by atoms with Gasteiger partial charge >= 0.3 is 0 Å². The topological polar surface area (TPSA) is 41.1 Å². The molecule has 0 aromatic heterocycles. The number of hydrogen-bond acceptors (Lipinski definition) is 2. The monoisotopic (exact) mass is 294 g/mol. The van der Waals surface area contributed by atoms with Crippen LogP contribution in [0.25, 0.3) is 0 Å². The number of rotatable bonds is 4. The van der Waals surface area contributed by atoms with Crippen molar-refractivity contribution in [3.8, 4) is 0 Å². The molecule has 21 heavy (non-hydrogen) atoms. The van der Waals surface area contributed by atoms with Crippen molar-refractivity contribution in [2.24, 2.45) is 5.92 Å². The van der Waals surface area contributed by atoms with E-state index in [-0.39, 0.29) is 35.9 Å². The van der Waals surface area contributed by atoms with E-state index < -0.39 is 11.6 Å². The average molecular weight is 294 g/mol. The van der Waals surface area contributed by atoms with Crippen LogP contribution in [0.2, 0.25) is 0 Å². The maximum Gasteiger partial charge on any atom is 0.224 e. The summed E-state index contributed by atoms with van der Waals surface area (Å²) in [5.41, 5.74) is 0.0383. The zero-order chi connectivity index (χ0) is 15.0. The SMILES string of the molecule is CC(Cc1c(F)cccc1F)NC(=O)C1CC2CCC1N2. The molecule has 114 valence electrons. The minimum atomic E-state index is -0.558. The minimum absolute atomic E-state index is 0.000975. The Labute approximate surface area is 123 Å². The van der Waals surface area contributed by atoms with E-state index in [0.717, 1.165) is 19.3 Å². The lowest BCUT2D eigenvalue weighted by Crippen LogP contribution is -2.42. The molecule has 3 rings (SSSR count). The highest BCUT2D eigenvalue weighted by molar-refractivity contribution is 5.80. The predicted molar refractivity (Wildman–Crippen MR) is 75.7 cm³/mol. The maximum atomic E-state index is 13.6. The highest BCUT2D eigenvalue weighted by Crippen LogP contribution is 2.33. The Morgan fingerprint density at radius 1 is 1.38 bits per heavy atom. The number of hydrogen-bond donors (Lipinski definition) is 2. The molecule has 4 unspecified atom stereocenters. The summed E-state index contributed by atoms with van der Waals surface area (Å²) in [7, 11) is 0. The number of carbonyl (C=O) groups is 1. The van der Waals surface area contributed by atoms with Crippen LogP contribution in [0.15, 0.2) is 18.2 Å². The van der Waals surface area contributed by atoms with E-state index in [4.69, 9.17) is 0 Å². The molecule has 0 aliphatic carbocycles. The molecule has 4 atom stereocenters. The fourth-order valence-corrected chi connectivity index (χ4v) is 3.55. The fraction of sp³-hybridized carbons (Fsp3) is 0.562. The molecule has 2 aliphatic rings. The molecule has 0 saturated carbocycles. The number of amides is 1. The molecular formula is C16H20F2N2O. The van der Waals surface area contributed by atoms with E-state index in [1.165, 1.54) is 18.2 Å². The smallest absolute Gasteiger partial charge is 0.224 e. The lowest BCUT2D eigenvalue weighted by molar-refractivity contribution is -0.126. The van der Waals surface area contributed by atoms with E-state index in [0.29, 0.717) is 6.04 Å². The van der Waals surface area contributed by atoms with Crippen molar-refractivity contribution < 1.29 is 13.6 Å². The number of benzene rings is 1. The first kappa shape index (κ1) is 14.4. The summed E-state index contributed by atoms with van der Waals surface area (Å²) in [5, 5.41) is 6.32. The van der Waals surface area contributed by atoms with Gasteiger partial charge in [-0.3, -0.25) is 4.79 Å². The molecule has 2 bridgehead atoms. The Bertz CT molecular complexity index is 529. The quantitative estimate of drug-likeness (QED) is 0.893. The fourth-order valence-electron chi connectivity index (χ4n) is 3.55. The van der Waals surface area contributed by atoms with Crippen molar-refractivity contribution >= 4 is 5.91 Å². The number of fused-ring (bicyclic) bond motifs is 2. The van der Waals surface area contributed by atoms with Gasteiger partial charge in [0, 0.05) is 23.7 Å². The van der Waals surface area contributed by atoms with Crippen molar-refractivity contribution in [1.29, 1.82) is 0 Å². The van der Waals surface area contributed by atoms with Gasteiger partial charge in [0.15, 0.2) is 0 Å². The summed E-state index contributed by atoms with van der Waals surface area (Å²) in [5.74, 6) is -1.12. The summed E-state index contributed by atoms with van der Waals surface area (Å²) in [4.78, 5) is 12.3. The van der Waals surface area contributed by atoms with Gasteiger partial charge in [0.1, 0.15) is 11.6 Å². The lowest BCUT2D eigenvalue weighted by Gasteiger charge is -2.22. The molecule has 0 radical (unpaired) electrons. The second kappa shape index (κ2) is 5.72. The Balaban J connectivity index is 1.59. The first-order chi connectivity index (χ1) is 10.0. The van der Waals surface area contributed by atoms with Crippen LogP contribution >= 0.6 is 0 Å². The van der Waals surface area contributed by atoms with Crippen LogP contribution in [0.5, 0.6) is 0 Å². The molecule has 2 fully saturated rings. The summed E-state index contributed by atoms with van der Waals surface area (Å²) in [6, 6.07) is 4.28. The van der Waals surface area contributed by atoms with Gasteiger partial charge in [0.2, 0.25) is 5.91 Å². The molecule has 2 saturated heterocycles. The second-order valence-electron chi connectivity index (χ2n) is 6.20. The van der Waals surface area contributed by atoms with Crippen LogP contribution < -0.4 is 10.6 Å². The summed E-state index contributed by atoms with van der Waals surface area (Å²) in [6.07, 6.45) is 3.22. The molecule has 1 amide bonds. The molecule has 0 spiro atoms. The number of carbonyl (C=O) groups excluding carboxylic acids is 1. The Morgan fingerprint density at radius 3 is 2.67 bits per heavy atom. The van der Waals surface area contributed by atoms with Gasteiger partial charge in [-0.25, -0.2) is 8.78 Å². The zero-order valence-electron chi connectivity index (χ0n) is 12.0. The average Bonchev–Trinajstić information content (AvgIpc) is 3.05. The zero-order valence-corrected chi connectivity index (χ0v) is 12.0. The van der Waals surface area contributed by atoms with Crippen molar-refractivity contribution in [1.82, 2.24) is 10.6 Å². The summed E-state index contributed by atoms with van der Waals surface area (Å²) < 4.78 is 27.2. The molecule has 1 aromatic rings. The van der Waals surface area contributed by atoms with Gasteiger partial charge < -0.3 is 10.6 Å². The molecule has 2 aliphatic heterocycles. The summed E-state index contributed by atoms with van der Waals surface area (Å²) >= 11 is 0. The van der Waals surface area contributed by atoms with Gasteiger partial charge in [0.25, 0.3) is 0 Å². The Morgan fingerprint density at radius 2 is 2.10 bits per heavy atom. The second-order valence-corrected chi connectivity index (χ2v) is 6.20. The van der Waals surface area contributed by atoms with Gasteiger partial charge in [0.05, 0.1) is 5.92 Å². The van der Waals surface area contributed by atoms with Crippen LogP contribution in [0.3, 0.4) is 0 Å². The van der Waals surface area contributed by atoms with Gasteiger partial charge in [-0.2, -0.15) is 0 Å². The first-order valence-electron chi connectivity index (χ1n) is 7.54. The van der Waals surface area contributed by atoms with Crippen LogP contribution in [0.1, 0.15) is 31.7 Å². The van der Waals surface area contributed by atoms with Crippen LogP contribution in [-0.4, -0.2) is 24.0 Å². The normalized spacial score (nSPS) is 28.6. The third-order valence-electron chi connectivity index (χ3n) is 4.60. The van der Waals surface area contributed by atoms with Crippen molar-refractivity contribution in [2.75, 3.05) is 0 Å². The van der Waals surface area contributed by atoms with E-state index in [2.05, 4.69) is 10.6 Å². The largest absolute Gasteiger partial charge is 0.353 e. The van der Waals surface area contributed by atoms with Crippen molar-refractivity contribution in [2.45, 2.75) is 50.7 Å². The summed E-state index contributed by atoms with van der Waals surface area (Å²) in [6.45, 7) is 1.78. The van der Waals surface area contributed by atoms with E-state index in [1.807, 2.05) is 0 Å². The molecule has 2 heterocycles. The molecular weight excluding hydrogens is 274 g/mol. The van der Waals surface area contributed by atoms with Crippen LogP contribution in [-0.2, 0) is 11.2 Å². The van der Waals surface area contributed by atoms with E-state index in [1.54, 1.807) is 6.92 Å². The number of halogens is 2. The van der Waals surface area contributed by atoms with Crippen molar-refractivity contribution in [3.05, 3.63) is 35.4 Å². The Hall–Kier alpha value is -1.49.